The van der Waals surface area contributed by atoms with E-state index in [9.17, 15) is 65.4 Å². The molecule has 0 unspecified atom stereocenters. The number of amides is 3. The number of hydrogen-bond acceptors (Lipinski definition) is 17. The number of aliphatic hydroxyl groups excluding tert-OH is 9. The van der Waals surface area contributed by atoms with Crippen LogP contribution < -0.4 is 16.2 Å². The molecule has 16 atom stereocenters. The zero-order valence-electron chi connectivity index (χ0n) is 38.4. The molecule has 20 nitrogen and oxygen atoms in total. The van der Waals surface area contributed by atoms with Gasteiger partial charge in [0.05, 0.1) is 80.1 Å². The van der Waals surface area contributed by atoms with Crippen LogP contribution in [0.3, 0.4) is 0 Å². The number of carbonyl (C=O) groups is 3. The van der Waals surface area contributed by atoms with Gasteiger partial charge < -0.3 is 75.3 Å². The summed E-state index contributed by atoms with van der Waals surface area (Å²) in [5, 5.41) is 110. The van der Waals surface area contributed by atoms with E-state index in [4.69, 9.17) is 18.9 Å². The molecular formula is C47H73N3O17. The number of nitrogens with one attached hydrogen (secondary N) is 3. The smallest absolute Gasteiger partial charge is 0.333 e. The minimum atomic E-state index is -2.28. The molecule has 3 rings (SSSR count). The van der Waals surface area contributed by atoms with E-state index in [1.165, 1.54) is 0 Å². The lowest BCUT2D eigenvalue weighted by molar-refractivity contribution is -0.298. The third kappa shape index (κ3) is 22.7. The first-order valence-electron chi connectivity index (χ1n) is 22.7. The highest BCUT2D eigenvalue weighted by atomic mass is 16.7. The van der Waals surface area contributed by atoms with Gasteiger partial charge in [0.1, 0.15) is 12.2 Å². The van der Waals surface area contributed by atoms with Crippen LogP contribution in [-0.2, 0) is 28.5 Å². The summed E-state index contributed by atoms with van der Waals surface area (Å²) in [4.78, 5) is 36.8. The summed E-state index contributed by atoms with van der Waals surface area (Å²) in [7, 11) is 0. The molecule has 67 heavy (non-hydrogen) atoms. The third-order valence-electron chi connectivity index (χ3n) is 11.1. The van der Waals surface area contributed by atoms with Crippen molar-refractivity contribution in [3.8, 4) is 0 Å². The zero-order chi connectivity index (χ0) is 49.5. The van der Waals surface area contributed by atoms with E-state index in [1.807, 2.05) is 25.2 Å². The normalized spacial score (nSPS) is 40.9. The predicted octanol–water partition coefficient (Wildman–Crippen LogP) is 0.158. The molecule has 3 amide bonds. The Kier molecular flexibility index (Phi) is 25.3. The molecule has 0 aromatic rings. The lowest BCUT2D eigenvalue weighted by Crippen LogP contribution is -2.64. The molecule has 3 aliphatic heterocycles. The first-order chi connectivity index (χ1) is 31.7. The number of urea groups is 1. The highest BCUT2D eigenvalue weighted by Gasteiger charge is 2.48. The second kappa shape index (κ2) is 29.7. The number of allylic oxidation sites excluding steroid dienone is 12. The maximum atomic E-state index is 12.8. The van der Waals surface area contributed by atoms with E-state index in [-0.39, 0.29) is 51.0 Å². The standard InChI is InChI=1S/C47H73N3O17/c1-29-16-14-12-10-8-6-4-5-7-9-11-13-15-17-36(66-45-40(59)23-35(55)28-64-45)25-42-44(48-46(62)50-49-31(3)51)41(60)27-47(63,67-42)26-34(54)22-39(58)37(56)19-18-32(52)21-33(53)24-43(61)65-30(2)20-38(29)57/h4-17,29-30,32-42,44-45,52-60,63H,18-28H2,1-3H3,(H,49,51)(H2,48,50,62)/b5-4+,8-6+,9-7+,12-10+,13-11+,16-14+,17-15+/t29-,30-,32+,33+,34-,35-,36-,37+,38-,39+,40-,41-,42-,44+,45-,47+/m0/s1. The monoisotopic (exact) mass is 951 g/mol. The molecule has 2 fully saturated rings. The minimum absolute atomic E-state index is 0.0440. The quantitative estimate of drug-likeness (QED) is 0.132. The van der Waals surface area contributed by atoms with Crippen molar-refractivity contribution in [2.75, 3.05) is 6.61 Å². The molecule has 0 radical (unpaired) electrons. The number of hydrazine groups is 1. The van der Waals surface area contributed by atoms with Crippen molar-refractivity contribution in [1.29, 1.82) is 0 Å². The van der Waals surface area contributed by atoms with Gasteiger partial charge in [0, 0.05) is 51.4 Å². The summed E-state index contributed by atoms with van der Waals surface area (Å²) < 4.78 is 23.1. The van der Waals surface area contributed by atoms with Crippen LogP contribution in [0.15, 0.2) is 85.1 Å². The van der Waals surface area contributed by atoms with Crippen LogP contribution in [0.5, 0.6) is 0 Å². The summed E-state index contributed by atoms with van der Waals surface area (Å²) in [6.45, 7) is 4.47. The molecule has 3 heterocycles. The fraction of sp³-hybridized carbons (Fsp3) is 0.638. The Labute approximate surface area is 391 Å². The van der Waals surface area contributed by atoms with Crippen molar-refractivity contribution < 1.29 is 84.4 Å². The second-order valence-corrected chi connectivity index (χ2v) is 17.5. The van der Waals surface area contributed by atoms with Crippen molar-refractivity contribution in [1.82, 2.24) is 16.2 Å². The number of aliphatic hydroxyl groups is 10. The van der Waals surface area contributed by atoms with E-state index in [0.717, 1.165) is 6.92 Å². The SMILES string of the molecule is CC(=O)NNC(=O)N[C@H]1[C@@H]2C[C@@H](O[C@@H]3OC[C@@H](O)C[C@@H]3O)/C=C/C=C/C=C/C=C/C=C/C=C/C=C/[C@H](C)[C@@H](O)C[C@H](C)OC(=O)C[C@H](O)C[C@H](O)CC[C@@H](O)[C@H](O)C[C@H](O)C[C@](O)(C[C@@H]1O)O2. The second-order valence-electron chi connectivity index (χ2n) is 17.5. The highest BCUT2D eigenvalue weighted by Crippen LogP contribution is 2.35. The first-order valence-corrected chi connectivity index (χ1v) is 22.7. The topological polar surface area (TPSA) is 327 Å². The maximum Gasteiger partial charge on any atom is 0.333 e. The summed E-state index contributed by atoms with van der Waals surface area (Å²) in [6.07, 6.45) is 6.16. The average Bonchev–Trinajstić information content (AvgIpc) is 3.23. The van der Waals surface area contributed by atoms with Crippen molar-refractivity contribution in [2.24, 2.45) is 5.92 Å². The number of cyclic esters (lactones) is 1. The number of esters is 1. The van der Waals surface area contributed by atoms with Gasteiger partial charge in [-0.15, -0.1) is 0 Å². The lowest BCUT2D eigenvalue weighted by Gasteiger charge is -2.46. The molecule has 2 saturated heterocycles. The van der Waals surface area contributed by atoms with Crippen LogP contribution in [0.25, 0.3) is 0 Å². The molecule has 2 bridgehead atoms. The molecule has 0 aromatic heterocycles. The molecule has 3 aliphatic rings. The Balaban J connectivity index is 1.88. The van der Waals surface area contributed by atoms with E-state index < -0.39 is 135 Å². The van der Waals surface area contributed by atoms with Crippen LogP contribution in [0, 0.1) is 5.92 Å². The molecule has 13 N–H and O–H groups in total. The van der Waals surface area contributed by atoms with Gasteiger partial charge in [-0.05, 0) is 26.2 Å². The summed E-state index contributed by atoms with van der Waals surface area (Å²) in [6, 6.07) is -2.19. The largest absolute Gasteiger partial charge is 0.462 e. The Hall–Kier alpha value is -4.13. The maximum absolute atomic E-state index is 12.8. The third-order valence-corrected chi connectivity index (χ3v) is 11.1. The van der Waals surface area contributed by atoms with Gasteiger partial charge in [-0.3, -0.25) is 15.0 Å². The number of ether oxygens (including phenoxy) is 4. The zero-order valence-corrected chi connectivity index (χ0v) is 38.4. The molecule has 0 saturated carbocycles. The fourth-order valence-corrected chi connectivity index (χ4v) is 7.66. The van der Waals surface area contributed by atoms with Gasteiger partial charge in [0.25, 0.3) is 0 Å². The van der Waals surface area contributed by atoms with Gasteiger partial charge in [-0.2, -0.15) is 0 Å². The van der Waals surface area contributed by atoms with Gasteiger partial charge in [0.15, 0.2) is 12.1 Å². The molecule has 20 heteroatoms. The van der Waals surface area contributed by atoms with Crippen molar-refractivity contribution in [2.45, 2.75) is 176 Å². The predicted molar refractivity (Wildman–Crippen MR) is 243 cm³/mol. The molecular weight excluding hydrogens is 879 g/mol. The van der Waals surface area contributed by atoms with Gasteiger partial charge in [-0.1, -0.05) is 92.0 Å². The van der Waals surface area contributed by atoms with Crippen molar-refractivity contribution in [3.05, 3.63) is 85.1 Å². The number of hydrogen-bond donors (Lipinski definition) is 13. The number of fused-ring (bicyclic) bond motifs is 2. The Morgan fingerprint density at radius 3 is 1.85 bits per heavy atom. The summed E-state index contributed by atoms with van der Waals surface area (Å²) >= 11 is 0. The van der Waals surface area contributed by atoms with Crippen molar-refractivity contribution in [3.63, 3.8) is 0 Å². The van der Waals surface area contributed by atoms with E-state index >= 15 is 0 Å². The average molecular weight is 952 g/mol. The Morgan fingerprint density at radius 1 is 0.642 bits per heavy atom. The van der Waals surface area contributed by atoms with Crippen LogP contribution in [-0.4, -0.2) is 167 Å². The van der Waals surface area contributed by atoms with E-state index in [1.54, 1.807) is 73.8 Å². The molecule has 0 spiro atoms. The first kappa shape index (κ1) is 57.2. The van der Waals surface area contributed by atoms with E-state index in [2.05, 4.69) is 16.2 Å². The van der Waals surface area contributed by atoms with E-state index in [0.29, 0.717) is 0 Å². The van der Waals surface area contributed by atoms with Gasteiger partial charge >= 0.3 is 12.0 Å². The van der Waals surface area contributed by atoms with Gasteiger partial charge in [-0.25, -0.2) is 10.2 Å². The highest BCUT2D eigenvalue weighted by molar-refractivity contribution is 5.79. The molecule has 0 aromatic carbocycles. The van der Waals surface area contributed by atoms with Crippen LogP contribution in [0.2, 0.25) is 0 Å². The van der Waals surface area contributed by atoms with Gasteiger partial charge in [0.2, 0.25) is 5.91 Å². The molecule has 378 valence electrons. The van der Waals surface area contributed by atoms with Crippen molar-refractivity contribution >= 4 is 17.9 Å². The minimum Gasteiger partial charge on any atom is -0.462 e. The van der Waals surface area contributed by atoms with Crippen LogP contribution in [0.4, 0.5) is 4.79 Å². The van der Waals surface area contributed by atoms with Crippen LogP contribution >= 0.6 is 0 Å². The lowest BCUT2D eigenvalue weighted by atomic mass is 9.87. The van der Waals surface area contributed by atoms with Crippen LogP contribution in [0.1, 0.15) is 85.0 Å². The number of rotatable bonds is 3. The number of carbonyl (C=O) groups excluding carboxylic acids is 3. The Morgan fingerprint density at radius 2 is 1.24 bits per heavy atom. The summed E-state index contributed by atoms with van der Waals surface area (Å²) in [5.41, 5.74) is 4.26. The Bertz CT molecular complexity index is 1720. The summed E-state index contributed by atoms with van der Waals surface area (Å²) in [5.74, 6) is -3.86. The fourth-order valence-electron chi connectivity index (χ4n) is 7.66. The molecule has 0 aliphatic carbocycles.